The summed E-state index contributed by atoms with van der Waals surface area (Å²) >= 11 is 0. The molecule has 4 heteroatoms. The van der Waals surface area contributed by atoms with E-state index < -0.39 is 11.6 Å². The van der Waals surface area contributed by atoms with Crippen molar-refractivity contribution in [2.45, 2.75) is 25.7 Å². The molecule has 3 atom stereocenters. The molecule has 0 aromatic heterocycles. The van der Waals surface area contributed by atoms with Gasteiger partial charge in [0.2, 0.25) is 0 Å². The van der Waals surface area contributed by atoms with Gasteiger partial charge in [-0.05, 0) is 56.2 Å². The summed E-state index contributed by atoms with van der Waals surface area (Å²) in [5.74, 6) is 0.680. The topological polar surface area (TPSA) is 20.3 Å². The molecule has 2 fully saturated rings. The van der Waals surface area contributed by atoms with Crippen LogP contribution in [0.4, 0.5) is 8.78 Å². The normalized spacial score (nSPS) is 27.5. The van der Waals surface area contributed by atoms with Gasteiger partial charge in [-0.1, -0.05) is 6.42 Å². The Morgan fingerprint density at radius 1 is 1.29 bits per heavy atom. The molecule has 2 saturated carbocycles. The van der Waals surface area contributed by atoms with Crippen LogP contribution < -0.4 is 0 Å². The zero-order chi connectivity index (χ0) is 15.0. The first-order chi connectivity index (χ1) is 10.0. The molecule has 3 unspecified atom stereocenters. The van der Waals surface area contributed by atoms with E-state index >= 15 is 0 Å². The average Bonchev–Trinajstić information content (AvgIpc) is 3.00. The Kier molecular flexibility index (Phi) is 4.07. The number of halogens is 2. The second-order valence-electron chi connectivity index (χ2n) is 6.68. The molecule has 0 radical (unpaired) electrons. The number of hydrogen-bond donors (Lipinski definition) is 0. The number of fused-ring (bicyclic) bond motifs is 2. The molecule has 2 bridgehead atoms. The van der Waals surface area contributed by atoms with E-state index in [2.05, 4.69) is 0 Å². The third kappa shape index (κ3) is 3.15. The van der Waals surface area contributed by atoms with Crippen LogP contribution in [-0.4, -0.2) is 30.8 Å². The molecule has 0 saturated heterocycles. The molecule has 2 aliphatic rings. The molecule has 0 spiro atoms. The van der Waals surface area contributed by atoms with Crippen molar-refractivity contribution in [2.75, 3.05) is 20.1 Å². The zero-order valence-corrected chi connectivity index (χ0v) is 12.3. The van der Waals surface area contributed by atoms with Gasteiger partial charge in [0.05, 0.1) is 12.1 Å². The van der Waals surface area contributed by atoms with Crippen LogP contribution >= 0.6 is 0 Å². The molecule has 1 aromatic carbocycles. The lowest BCUT2D eigenvalue weighted by atomic mass is 9.88. The van der Waals surface area contributed by atoms with Crippen molar-refractivity contribution in [2.24, 2.45) is 17.8 Å². The molecular formula is C17H21F2NO. The fourth-order valence-electron chi connectivity index (χ4n) is 4.11. The van der Waals surface area contributed by atoms with Crippen LogP contribution in [0, 0.1) is 29.4 Å². The second kappa shape index (κ2) is 5.84. The van der Waals surface area contributed by atoms with Gasteiger partial charge in [-0.3, -0.25) is 9.69 Å². The highest BCUT2D eigenvalue weighted by Crippen LogP contribution is 2.48. The molecule has 1 aromatic rings. The largest absolute Gasteiger partial charge is 0.299 e. The predicted molar refractivity (Wildman–Crippen MR) is 77.1 cm³/mol. The van der Waals surface area contributed by atoms with Crippen molar-refractivity contribution >= 4 is 5.78 Å². The molecule has 3 rings (SSSR count). The van der Waals surface area contributed by atoms with Crippen molar-refractivity contribution in [3.05, 3.63) is 35.4 Å². The maximum Gasteiger partial charge on any atom is 0.179 e. The van der Waals surface area contributed by atoms with Gasteiger partial charge < -0.3 is 0 Å². The lowest BCUT2D eigenvalue weighted by Crippen LogP contribution is -2.33. The van der Waals surface area contributed by atoms with Gasteiger partial charge in [-0.15, -0.1) is 0 Å². The lowest BCUT2D eigenvalue weighted by molar-refractivity contribution is 0.0925. The minimum atomic E-state index is -0.770. The number of nitrogens with zero attached hydrogens (tertiary/aromatic N) is 1. The SMILES string of the molecule is CN(CC(=O)c1ccc(F)cc1F)CC1CC2CCC1C2. The lowest BCUT2D eigenvalue weighted by Gasteiger charge is -2.26. The Balaban J connectivity index is 1.57. The van der Waals surface area contributed by atoms with Gasteiger partial charge in [0.15, 0.2) is 5.78 Å². The Hall–Kier alpha value is -1.29. The molecule has 0 aliphatic heterocycles. The Bertz CT molecular complexity index is 546. The van der Waals surface area contributed by atoms with Crippen LogP contribution in [0.1, 0.15) is 36.0 Å². The Morgan fingerprint density at radius 2 is 2.10 bits per heavy atom. The average molecular weight is 293 g/mol. The smallest absolute Gasteiger partial charge is 0.179 e. The first kappa shape index (κ1) is 14.6. The highest BCUT2D eigenvalue weighted by molar-refractivity contribution is 5.97. The van der Waals surface area contributed by atoms with Crippen LogP contribution in [0.15, 0.2) is 18.2 Å². The van der Waals surface area contributed by atoms with E-state index in [0.717, 1.165) is 30.5 Å². The minimum absolute atomic E-state index is 0.0174. The van der Waals surface area contributed by atoms with Crippen molar-refractivity contribution < 1.29 is 13.6 Å². The maximum atomic E-state index is 13.6. The number of likely N-dealkylation sites (N-methyl/N-ethyl adjacent to an activating group) is 1. The molecule has 0 heterocycles. The summed E-state index contributed by atoms with van der Waals surface area (Å²) in [6.07, 6.45) is 5.31. The van der Waals surface area contributed by atoms with Gasteiger partial charge in [0.25, 0.3) is 0 Å². The summed E-state index contributed by atoms with van der Waals surface area (Å²) in [6.45, 7) is 1.09. The second-order valence-corrected chi connectivity index (χ2v) is 6.68. The van der Waals surface area contributed by atoms with Crippen molar-refractivity contribution in [1.82, 2.24) is 4.90 Å². The number of benzene rings is 1. The molecule has 2 nitrogen and oxygen atoms in total. The number of carbonyl (C=O) groups is 1. The first-order valence-electron chi connectivity index (χ1n) is 7.69. The minimum Gasteiger partial charge on any atom is -0.299 e. The van der Waals surface area contributed by atoms with Gasteiger partial charge in [-0.2, -0.15) is 0 Å². The van der Waals surface area contributed by atoms with E-state index in [1.54, 1.807) is 0 Å². The van der Waals surface area contributed by atoms with Crippen LogP contribution in [0.2, 0.25) is 0 Å². The van der Waals surface area contributed by atoms with Gasteiger partial charge in [-0.25, -0.2) is 8.78 Å². The van der Waals surface area contributed by atoms with E-state index in [1.165, 1.54) is 31.7 Å². The Morgan fingerprint density at radius 3 is 2.71 bits per heavy atom. The van der Waals surface area contributed by atoms with E-state index in [1.807, 2.05) is 11.9 Å². The Labute approximate surface area is 124 Å². The molecule has 114 valence electrons. The maximum absolute atomic E-state index is 13.6. The van der Waals surface area contributed by atoms with E-state index in [-0.39, 0.29) is 17.9 Å². The predicted octanol–water partition coefficient (Wildman–Crippen LogP) is 3.52. The standard InChI is InChI=1S/C17H21F2NO/c1-20(9-13-7-11-2-3-12(13)6-11)10-17(21)15-5-4-14(18)8-16(15)19/h4-5,8,11-13H,2-3,6-7,9-10H2,1H3. The number of ketones is 1. The summed E-state index contributed by atoms with van der Waals surface area (Å²) in [5.41, 5.74) is -0.0174. The molecule has 2 aliphatic carbocycles. The van der Waals surface area contributed by atoms with E-state index in [9.17, 15) is 13.6 Å². The third-order valence-electron chi connectivity index (χ3n) is 5.08. The van der Waals surface area contributed by atoms with Crippen molar-refractivity contribution in [3.8, 4) is 0 Å². The first-order valence-corrected chi connectivity index (χ1v) is 7.69. The number of rotatable bonds is 5. The molecule has 21 heavy (non-hydrogen) atoms. The van der Waals surface area contributed by atoms with Crippen LogP contribution in [0.3, 0.4) is 0 Å². The summed E-state index contributed by atoms with van der Waals surface area (Å²) < 4.78 is 26.5. The monoisotopic (exact) mass is 293 g/mol. The highest BCUT2D eigenvalue weighted by Gasteiger charge is 2.39. The number of Topliss-reactive ketones (excluding diaryl/α,β-unsaturated/α-hetero) is 1. The number of carbonyl (C=O) groups excluding carboxylic acids is 1. The van der Waals surface area contributed by atoms with Crippen LogP contribution in [-0.2, 0) is 0 Å². The third-order valence-corrected chi connectivity index (χ3v) is 5.08. The summed E-state index contributed by atoms with van der Waals surface area (Å²) in [7, 11) is 1.91. The van der Waals surface area contributed by atoms with Crippen LogP contribution in [0.5, 0.6) is 0 Å². The fourth-order valence-corrected chi connectivity index (χ4v) is 4.11. The van der Waals surface area contributed by atoms with Crippen LogP contribution in [0.25, 0.3) is 0 Å². The molecule has 0 amide bonds. The number of hydrogen-bond acceptors (Lipinski definition) is 2. The molecule has 0 N–H and O–H groups in total. The van der Waals surface area contributed by atoms with E-state index in [4.69, 9.17) is 0 Å². The quantitative estimate of drug-likeness (QED) is 0.774. The summed E-state index contributed by atoms with van der Waals surface area (Å²) in [5, 5.41) is 0. The van der Waals surface area contributed by atoms with Gasteiger partial charge in [0.1, 0.15) is 11.6 Å². The summed E-state index contributed by atoms with van der Waals surface area (Å²) in [4.78, 5) is 14.1. The van der Waals surface area contributed by atoms with E-state index in [0.29, 0.717) is 5.92 Å². The van der Waals surface area contributed by atoms with Gasteiger partial charge in [0, 0.05) is 12.6 Å². The van der Waals surface area contributed by atoms with Gasteiger partial charge >= 0.3 is 0 Å². The summed E-state index contributed by atoms with van der Waals surface area (Å²) in [6, 6.07) is 3.13. The fraction of sp³-hybridized carbons (Fsp3) is 0.588. The van der Waals surface area contributed by atoms with Crippen molar-refractivity contribution in [3.63, 3.8) is 0 Å². The van der Waals surface area contributed by atoms with Crippen molar-refractivity contribution in [1.29, 1.82) is 0 Å². The zero-order valence-electron chi connectivity index (χ0n) is 12.3. The highest BCUT2D eigenvalue weighted by atomic mass is 19.1. The molecular weight excluding hydrogens is 272 g/mol.